The molecule has 0 fully saturated rings. The Labute approximate surface area is 213 Å². The standard InChI is InChI=1S/C30H25F3N2O2/c1-4-34-12-10-19(22-14-18(3)6-8-26(22)34)15-24-28(36)25(29(24)37)16-20-11-13-35(5-2)27-9-7-21(17-23(20)27)30(31,32)33/h6-17H,4-5H2,1-3H3/p+1. The number of carbonyl (C=O) groups is 1. The maximum absolute atomic E-state index is 13.4. The van der Waals surface area contributed by atoms with Gasteiger partial charge in [0, 0.05) is 36.1 Å². The minimum absolute atomic E-state index is 0.0826. The number of allylic oxidation sites excluding steroid dienone is 5. The van der Waals surface area contributed by atoms with E-state index in [0.29, 0.717) is 23.4 Å². The Hall–Kier alpha value is -4.13. The van der Waals surface area contributed by atoms with Crippen LogP contribution in [0.15, 0.2) is 83.9 Å². The first-order valence-electron chi connectivity index (χ1n) is 12.1. The van der Waals surface area contributed by atoms with E-state index in [4.69, 9.17) is 0 Å². The fourth-order valence-corrected chi connectivity index (χ4v) is 4.83. The molecule has 1 aliphatic heterocycles. The Balaban J connectivity index is 1.58. The fourth-order valence-electron chi connectivity index (χ4n) is 4.83. The molecule has 2 heterocycles. The van der Waals surface area contributed by atoms with Gasteiger partial charge in [0.1, 0.15) is 12.3 Å². The van der Waals surface area contributed by atoms with E-state index < -0.39 is 11.7 Å². The summed E-state index contributed by atoms with van der Waals surface area (Å²) in [6.45, 7) is 7.31. The second kappa shape index (κ2) is 9.07. The minimum Gasteiger partial charge on any atom is -0.506 e. The second-order valence-electron chi connectivity index (χ2n) is 9.16. The number of rotatable bonds is 4. The number of Topliss-reactive ketones (excluding diaryl/α,β-unsaturated/α-hetero) is 1. The molecular formula is C30H26F3N2O2+. The third-order valence-electron chi connectivity index (χ3n) is 6.87. The first-order valence-corrected chi connectivity index (χ1v) is 12.1. The lowest BCUT2D eigenvalue weighted by atomic mass is 9.84. The monoisotopic (exact) mass is 503 g/mol. The van der Waals surface area contributed by atoms with Crippen molar-refractivity contribution in [3.05, 3.63) is 106 Å². The molecule has 1 N–H and O–H groups in total. The van der Waals surface area contributed by atoms with Gasteiger partial charge in [-0.25, -0.2) is 0 Å². The molecule has 2 aromatic carbocycles. The number of ketones is 1. The molecule has 4 nitrogen and oxygen atoms in total. The van der Waals surface area contributed by atoms with Crippen LogP contribution in [-0.2, 0) is 17.5 Å². The van der Waals surface area contributed by atoms with Crippen LogP contribution >= 0.6 is 0 Å². The first kappa shape index (κ1) is 24.6. The molecule has 1 aromatic heterocycles. The second-order valence-corrected chi connectivity index (χ2v) is 9.16. The Morgan fingerprint density at radius 3 is 2.51 bits per heavy atom. The van der Waals surface area contributed by atoms with Crippen LogP contribution in [-0.4, -0.2) is 17.4 Å². The summed E-state index contributed by atoms with van der Waals surface area (Å²) < 4.78 is 42.3. The zero-order valence-corrected chi connectivity index (χ0v) is 20.7. The van der Waals surface area contributed by atoms with Gasteiger partial charge in [0.2, 0.25) is 11.3 Å². The molecule has 1 aliphatic carbocycles. The lowest BCUT2D eigenvalue weighted by molar-refractivity contribution is -0.667. The first-order chi connectivity index (χ1) is 17.6. The average Bonchev–Trinajstić information content (AvgIpc) is 2.89. The highest BCUT2D eigenvalue weighted by molar-refractivity contribution is 6.24. The molecule has 0 unspecified atom stereocenters. The highest BCUT2D eigenvalue weighted by Crippen LogP contribution is 2.40. The number of nitrogens with zero attached hydrogens (tertiary/aromatic N) is 2. The van der Waals surface area contributed by atoms with Gasteiger partial charge in [0.05, 0.1) is 22.1 Å². The van der Waals surface area contributed by atoms with Crippen LogP contribution in [0.2, 0.25) is 0 Å². The van der Waals surface area contributed by atoms with E-state index in [1.165, 1.54) is 12.1 Å². The van der Waals surface area contributed by atoms with Crippen molar-refractivity contribution in [3.63, 3.8) is 0 Å². The lowest BCUT2D eigenvalue weighted by Crippen LogP contribution is -2.32. The molecule has 0 saturated heterocycles. The number of fused-ring (bicyclic) bond motifs is 2. The van der Waals surface area contributed by atoms with Crippen LogP contribution in [0.25, 0.3) is 22.6 Å². The maximum Gasteiger partial charge on any atom is 0.416 e. The Morgan fingerprint density at radius 2 is 1.84 bits per heavy atom. The number of hydrogen-bond acceptors (Lipinski definition) is 3. The highest BCUT2D eigenvalue weighted by Gasteiger charge is 2.35. The van der Waals surface area contributed by atoms with Crippen molar-refractivity contribution in [1.29, 1.82) is 0 Å². The maximum atomic E-state index is 13.4. The van der Waals surface area contributed by atoms with Gasteiger partial charge in [-0.1, -0.05) is 11.6 Å². The molecule has 0 spiro atoms. The van der Waals surface area contributed by atoms with E-state index in [9.17, 15) is 23.1 Å². The topological polar surface area (TPSA) is 44.4 Å². The summed E-state index contributed by atoms with van der Waals surface area (Å²) in [7, 11) is 0. The van der Waals surface area contributed by atoms with Crippen molar-refractivity contribution in [2.45, 2.75) is 33.5 Å². The van der Waals surface area contributed by atoms with Gasteiger partial charge in [-0.05, 0) is 74.4 Å². The van der Waals surface area contributed by atoms with Gasteiger partial charge < -0.3 is 10.0 Å². The third-order valence-corrected chi connectivity index (χ3v) is 6.87. The van der Waals surface area contributed by atoms with Crippen LogP contribution < -0.4 is 9.47 Å². The molecule has 0 amide bonds. The molecule has 0 bridgehead atoms. The number of halogens is 3. The lowest BCUT2D eigenvalue weighted by Gasteiger charge is -2.28. The van der Waals surface area contributed by atoms with Crippen molar-refractivity contribution >= 4 is 34.0 Å². The number of aromatic nitrogens is 1. The zero-order valence-electron chi connectivity index (χ0n) is 20.7. The Morgan fingerprint density at radius 1 is 1.05 bits per heavy atom. The van der Waals surface area contributed by atoms with E-state index in [-0.39, 0.29) is 22.7 Å². The van der Waals surface area contributed by atoms with Gasteiger partial charge in [0.25, 0.3) is 0 Å². The summed E-state index contributed by atoms with van der Waals surface area (Å²) >= 11 is 0. The van der Waals surface area contributed by atoms with Crippen LogP contribution in [0, 0.1) is 6.92 Å². The van der Waals surface area contributed by atoms with E-state index >= 15 is 0 Å². The number of benzene rings is 2. The summed E-state index contributed by atoms with van der Waals surface area (Å²) in [4.78, 5) is 14.9. The van der Waals surface area contributed by atoms with E-state index in [1.54, 1.807) is 18.4 Å². The summed E-state index contributed by atoms with van der Waals surface area (Å²) in [5.74, 6) is -0.511. The van der Waals surface area contributed by atoms with Crippen molar-refractivity contribution in [2.75, 3.05) is 11.4 Å². The SMILES string of the molecule is CCN1C=CC(=CC2=C(O)C(=Cc3cc[n+](CC)c4ccc(C)cc34)C2=O)c2cc(C(F)(F)F)ccc21. The van der Waals surface area contributed by atoms with Crippen LogP contribution in [0.1, 0.15) is 36.1 Å². The Kier molecular flexibility index (Phi) is 6.02. The molecule has 188 valence electrons. The quantitative estimate of drug-likeness (QED) is 0.319. The molecule has 5 rings (SSSR count). The number of pyridine rings is 1. The molecular weight excluding hydrogens is 477 g/mol. The molecule has 0 radical (unpaired) electrons. The van der Waals surface area contributed by atoms with Crippen molar-refractivity contribution in [2.24, 2.45) is 0 Å². The van der Waals surface area contributed by atoms with Gasteiger partial charge >= 0.3 is 6.18 Å². The smallest absolute Gasteiger partial charge is 0.416 e. The van der Waals surface area contributed by atoms with Crippen molar-refractivity contribution in [1.82, 2.24) is 0 Å². The van der Waals surface area contributed by atoms with Crippen molar-refractivity contribution in [3.8, 4) is 0 Å². The van der Waals surface area contributed by atoms with E-state index in [2.05, 4.69) is 11.5 Å². The Bertz CT molecular complexity index is 1580. The summed E-state index contributed by atoms with van der Waals surface area (Å²) in [5, 5.41) is 11.8. The summed E-state index contributed by atoms with van der Waals surface area (Å²) in [6.07, 6.45) is 4.02. The molecule has 0 atom stereocenters. The normalized spacial score (nSPS) is 17.7. The average molecular weight is 504 g/mol. The van der Waals surface area contributed by atoms with E-state index in [1.807, 2.05) is 49.2 Å². The predicted octanol–water partition coefficient (Wildman–Crippen LogP) is 6.69. The predicted molar refractivity (Wildman–Crippen MR) is 139 cm³/mol. The number of aliphatic hydroxyl groups is 1. The van der Waals surface area contributed by atoms with E-state index in [0.717, 1.165) is 40.7 Å². The van der Waals surface area contributed by atoms with Crippen molar-refractivity contribution < 1.29 is 27.6 Å². The number of aliphatic hydroxyl groups excluding tert-OH is 1. The van der Waals surface area contributed by atoms with Crippen LogP contribution in [0.3, 0.4) is 0 Å². The number of hydrogen-bond donors (Lipinski definition) is 1. The number of anilines is 1. The van der Waals surface area contributed by atoms with Crippen LogP contribution in [0.4, 0.5) is 18.9 Å². The largest absolute Gasteiger partial charge is 0.506 e. The molecule has 37 heavy (non-hydrogen) atoms. The van der Waals surface area contributed by atoms with Gasteiger partial charge in [-0.15, -0.1) is 0 Å². The summed E-state index contributed by atoms with van der Waals surface area (Å²) in [6, 6.07) is 11.6. The minimum atomic E-state index is -4.49. The number of carbonyl (C=O) groups excluding carboxylic acids is 1. The van der Waals surface area contributed by atoms with Crippen LogP contribution in [0.5, 0.6) is 0 Å². The number of alkyl halides is 3. The summed E-state index contributed by atoms with van der Waals surface area (Å²) in [5.41, 5.74) is 3.81. The highest BCUT2D eigenvalue weighted by atomic mass is 19.4. The van der Waals surface area contributed by atoms with Gasteiger partial charge in [-0.3, -0.25) is 4.79 Å². The number of aryl methyl sites for hydroxylation is 2. The molecule has 7 heteroatoms. The van der Waals surface area contributed by atoms with Gasteiger partial charge in [0.15, 0.2) is 6.20 Å². The molecule has 3 aromatic rings. The molecule has 0 saturated carbocycles. The molecule has 2 aliphatic rings. The third kappa shape index (κ3) is 4.24. The zero-order chi connectivity index (χ0) is 26.5. The van der Waals surface area contributed by atoms with Gasteiger partial charge in [-0.2, -0.15) is 17.7 Å². The fraction of sp³-hybridized carbons (Fsp3) is 0.200.